The standard InChI is InChI=1S/C12H16N2O2/c1-8-6-11(8)13-7-10-3-4-12(14(15)16)9(2)5-10/h3-5,8,11,13H,6-7H2,1-2H3. The van der Waals surface area contributed by atoms with Crippen LogP contribution < -0.4 is 5.32 Å². The third-order valence-corrected chi connectivity index (χ3v) is 3.14. The summed E-state index contributed by atoms with van der Waals surface area (Å²) in [5, 5.41) is 14.1. The molecular formula is C12H16N2O2. The summed E-state index contributed by atoms with van der Waals surface area (Å²) in [5.74, 6) is 0.777. The monoisotopic (exact) mass is 220 g/mol. The SMILES string of the molecule is Cc1cc(CNC2CC2C)ccc1[N+](=O)[O-]. The van der Waals surface area contributed by atoms with Crippen LogP contribution in [0.3, 0.4) is 0 Å². The van der Waals surface area contributed by atoms with Crippen molar-refractivity contribution in [2.75, 3.05) is 0 Å². The molecule has 0 aromatic heterocycles. The topological polar surface area (TPSA) is 55.2 Å². The normalized spacial score (nSPS) is 23.1. The summed E-state index contributed by atoms with van der Waals surface area (Å²) >= 11 is 0. The first kappa shape index (κ1) is 11.1. The molecule has 16 heavy (non-hydrogen) atoms. The van der Waals surface area contributed by atoms with Crippen molar-refractivity contribution in [3.8, 4) is 0 Å². The van der Waals surface area contributed by atoms with Crippen molar-refractivity contribution in [2.24, 2.45) is 5.92 Å². The maximum absolute atomic E-state index is 10.6. The van der Waals surface area contributed by atoms with Gasteiger partial charge < -0.3 is 5.32 Å². The zero-order valence-electron chi connectivity index (χ0n) is 9.56. The Morgan fingerprint density at radius 2 is 2.25 bits per heavy atom. The first-order chi connectivity index (χ1) is 7.58. The van der Waals surface area contributed by atoms with Crippen molar-refractivity contribution in [2.45, 2.75) is 32.9 Å². The number of nitro benzene ring substituents is 1. The first-order valence-electron chi connectivity index (χ1n) is 5.55. The fourth-order valence-corrected chi connectivity index (χ4v) is 1.89. The average molecular weight is 220 g/mol. The molecule has 0 radical (unpaired) electrons. The van der Waals surface area contributed by atoms with Gasteiger partial charge in [-0.1, -0.05) is 13.0 Å². The molecule has 4 nitrogen and oxygen atoms in total. The van der Waals surface area contributed by atoms with Crippen molar-refractivity contribution in [3.63, 3.8) is 0 Å². The predicted octanol–water partition coefficient (Wildman–Crippen LogP) is 2.40. The Kier molecular flexibility index (Phi) is 2.92. The molecule has 0 spiro atoms. The van der Waals surface area contributed by atoms with Crippen LogP contribution in [0.5, 0.6) is 0 Å². The van der Waals surface area contributed by atoms with E-state index in [0.717, 1.165) is 23.6 Å². The van der Waals surface area contributed by atoms with Gasteiger partial charge in [-0.3, -0.25) is 10.1 Å². The second-order valence-corrected chi connectivity index (χ2v) is 4.58. The lowest BCUT2D eigenvalue weighted by Crippen LogP contribution is -2.17. The first-order valence-corrected chi connectivity index (χ1v) is 5.55. The molecule has 1 fully saturated rings. The quantitative estimate of drug-likeness (QED) is 0.626. The number of nitrogens with one attached hydrogen (secondary N) is 1. The van der Waals surface area contributed by atoms with Gasteiger partial charge in [-0.15, -0.1) is 0 Å². The molecule has 0 saturated heterocycles. The van der Waals surface area contributed by atoms with Crippen LogP contribution in [0.25, 0.3) is 0 Å². The van der Waals surface area contributed by atoms with Gasteiger partial charge in [0.2, 0.25) is 0 Å². The lowest BCUT2D eigenvalue weighted by molar-refractivity contribution is -0.385. The van der Waals surface area contributed by atoms with E-state index in [1.165, 1.54) is 6.42 Å². The van der Waals surface area contributed by atoms with E-state index >= 15 is 0 Å². The maximum Gasteiger partial charge on any atom is 0.272 e. The number of benzene rings is 1. The van der Waals surface area contributed by atoms with E-state index in [2.05, 4.69) is 12.2 Å². The Labute approximate surface area is 94.8 Å². The highest BCUT2D eigenvalue weighted by atomic mass is 16.6. The third kappa shape index (κ3) is 2.39. The Balaban J connectivity index is 2.00. The molecule has 4 heteroatoms. The Morgan fingerprint density at radius 1 is 1.56 bits per heavy atom. The van der Waals surface area contributed by atoms with Crippen molar-refractivity contribution in [3.05, 3.63) is 39.4 Å². The van der Waals surface area contributed by atoms with Gasteiger partial charge in [0.15, 0.2) is 0 Å². The van der Waals surface area contributed by atoms with Crippen LogP contribution in [-0.4, -0.2) is 11.0 Å². The van der Waals surface area contributed by atoms with Crippen LogP contribution in [0.15, 0.2) is 18.2 Å². The van der Waals surface area contributed by atoms with Crippen molar-refractivity contribution >= 4 is 5.69 Å². The minimum atomic E-state index is -0.338. The molecule has 1 aliphatic rings. The summed E-state index contributed by atoms with van der Waals surface area (Å²) in [6.07, 6.45) is 1.24. The number of aryl methyl sites for hydroxylation is 1. The molecule has 0 aliphatic heterocycles. The van der Waals surface area contributed by atoms with Gasteiger partial charge in [-0.2, -0.15) is 0 Å². The maximum atomic E-state index is 10.6. The number of hydrogen-bond acceptors (Lipinski definition) is 3. The highest BCUT2D eigenvalue weighted by Gasteiger charge is 2.31. The Morgan fingerprint density at radius 3 is 2.75 bits per heavy atom. The summed E-state index contributed by atoms with van der Waals surface area (Å²) in [6.45, 7) is 4.80. The minimum Gasteiger partial charge on any atom is -0.310 e. The largest absolute Gasteiger partial charge is 0.310 e. The van der Waals surface area contributed by atoms with E-state index in [1.807, 2.05) is 12.1 Å². The summed E-state index contributed by atoms with van der Waals surface area (Å²) in [4.78, 5) is 10.3. The zero-order valence-corrected chi connectivity index (χ0v) is 9.56. The van der Waals surface area contributed by atoms with Crippen LogP contribution in [0, 0.1) is 23.0 Å². The number of hydrogen-bond donors (Lipinski definition) is 1. The lowest BCUT2D eigenvalue weighted by atomic mass is 10.1. The molecular weight excluding hydrogens is 204 g/mol. The van der Waals surface area contributed by atoms with Gasteiger partial charge in [0.25, 0.3) is 5.69 Å². The van der Waals surface area contributed by atoms with Crippen LogP contribution in [0.2, 0.25) is 0 Å². The molecule has 86 valence electrons. The highest BCUT2D eigenvalue weighted by molar-refractivity contribution is 5.41. The van der Waals surface area contributed by atoms with Gasteiger partial charge >= 0.3 is 0 Å². The fourth-order valence-electron chi connectivity index (χ4n) is 1.89. The van der Waals surface area contributed by atoms with Gasteiger partial charge in [0.1, 0.15) is 0 Å². The van der Waals surface area contributed by atoms with Gasteiger partial charge in [0, 0.05) is 24.2 Å². The Bertz CT molecular complexity index is 417. The van der Waals surface area contributed by atoms with Crippen LogP contribution in [0.1, 0.15) is 24.5 Å². The minimum absolute atomic E-state index is 0.198. The average Bonchev–Trinajstić information content (AvgIpc) is 2.91. The van der Waals surface area contributed by atoms with Crippen molar-refractivity contribution in [1.29, 1.82) is 0 Å². The van der Waals surface area contributed by atoms with Crippen LogP contribution >= 0.6 is 0 Å². The number of nitrogens with zero attached hydrogens (tertiary/aromatic N) is 1. The molecule has 1 aromatic carbocycles. The molecule has 2 unspecified atom stereocenters. The molecule has 0 amide bonds. The number of rotatable bonds is 4. The number of nitro groups is 1. The zero-order chi connectivity index (χ0) is 11.7. The van der Waals surface area contributed by atoms with Gasteiger partial charge in [-0.05, 0) is 30.9 Å². The van der Waals surface area contributed by atoms with E-state index in [1.54, 1.807) is 13.0 Å². The summed E-state index contributed by atoms with van der Waals surface area (Å²) < 4.78 is 0. The smallest absolute Gasteiger partial charge is 0.272 e. The highest BCUT2D eigenvalue weighted by Crippen LogP contribution is 2.29. The summed E-state index contributed by atoms with van der Waals surface area (Å²) in [6, 6.07) is 5.93. The van der Waals surface area contributed by atoms with E-state index in [-0.39, 0.29) is 10.6 Å². The molecule has 2 rings (SSSR count). The van der Waals surface area contributed by atoms with Crippen LogP contribution in [-0.2, 0) is 6.54 Å². The summed E-state index contributed by atoms with van der Waals surface area (Å²) in [5.41, 5.74) is 2.04. The van der Waals surface area contributed by atoms with E-state index in [0.29, 0.717) is 6.04 Å². The lowest BCUT2D eigenvalue weighted by Gasteiger charge is -2.05. The fraction of sp³-hybridized carbons (Fsp3) is 0.500. The van der Waals surface area contributed by atoms with Crippen molar-refractivity contribution < 1.29 is 4.92 Å². The molecule has 1 aliphatic carbocycles. The molecule has 1 N–H and O–H groups in total. The third-order valence-electron chi connectivity index (χ3n) is 3.14. The van der Waals surface area contributed by atoms with E-state index in [9.17, 15) is 10.1 Å². The second kappa shape index (κ2) is 4.22. The van der Waals surface area contributed by atoms with Gasteiger partial charge in [0.05, 0.1) is 4.92 Å². The predicted molar refractivity (Wildman–Crippen MR) is 62.2 cm³/mol. The van der Waals surface area contributed by atoms with Crippen LogP contribution in [0.4, 0.5) is 5.69 Å². The van der Waals surface area contributed by atoms with Crippen molar-refractivity contribution in [1.82, 2.24) is 5.32 Å². The molecule has 0 bridgehead atoms. The molecule has 0 heterocycles. The molecule has 1 aromatic rings. The molecule has 2 atom stereocenters. The van der Waals surface area contributed by atoms with E-state index in [4.69, 9.17) is 0 Å². The molecule has 1 saturated carbocycles. The van der Waals surface area contributed by atoms with Gasteiger partial charge in [-0.25, -0.2) is 0 Å². The second-order valence-electron chi connectivity index (χ2n) is 4.58. The van der Waals surface area contributed by atoms with E-state index < -0.39 is 0 Å². The summed E-state index contributed by atoms with van der Waals surface area (Å²) in [7, 11) is 0. The Hall–Kier alpha value is -1.42.